The summed E-state index contributed by atoms with van der Waals surface area (Å²) in [6.45, 7) is 0.926. The number of aromatic nitrogens is 1. The van der Waals surface area contributed by atoms with Crippen LogP contribution in [0.4, 0.5) is 0 Å². The van der Waals surface area contributed by atoms with Crippen LogP contribution in [0.25, 0.3) is 10.6 Å². The lowest BCUT2D eigenvalue weighted by atomic mass is 9.93. The van der Waals surface area contributed by atoms with E-state index >= 15 is 0 Å². The number of aliphatic hydroxyl groups is 1. The topological polar surface area (TPSA) is 74.2 Å². The van der Waals surface area contributed by atoms with Gasteiger partial charge in [0.1, 0.15) is 10.7 Å². The molecule has 3 aromatic rings. The van der Waals surface area contributed by atoms with Gasteiger partial charge in [-0.05, 0) is 17.5 Å². The molecule has 0 spiro atoms. The smallest absolute Gasteiger partial charge is 0.270 e. The maximum absolute atomic E-state index is 12.4. The summed E-state index contributed by atoms with van der Waals surface area (Å²) in [6, 6.07) is 17.9. The number of nitrogens with one attached hydrogen (secondary N) is 2. The molecule has 2 aromatic carbocycles. The van der Waals surface area contributed by atoms with Crippen molar-refractivity contribution in [3.8, 4) is 10.6 Å². The second kappa shape index (κ2) is 8.00. The van der Waals surface area contributed by atoms with Crippen LogP contribution in [0, 0.1) is 0 Å². The number of amides is 1. The van der Waals surface area contributed by atoms with E-state index in [0.29, 0.717) is 5.69 Å². The fraction of sp³-hybridized carbons (Fsp3) is 0.238. The van der Waals surface area contributed by atoms with Gasteiger partial charge in [0.15, 0.2) is 0 Å². The highest BCUT2D eigenvalue weighted by Crippen LogP contribution is 2.23. The van der Waals surface area contributed by atoms with E-state index in [9.17, 15) is 9.90 Å². The number of benzene rings is 2. The van der Waals surface area contributed by atoms with Gasteiger partial charge in [-0.3, -0.25) is 4.79 Å². The van der Waals surface area contributed by atoms with E-state index in [0.717, 1.165) is 23.5 Å². The Morgan fingerprint density at radius 2 is 1.93 bits per heavy atom. The van der Waals surface area contributed by atoms with E-state index in [1.165, 1.54) is 22.5 Å². The number of nitrogens with zero attached hydrogens (tertiary/aromatic N) is 1. The Morgan fingerprint density at radius 3 is 2.74 bits per heavy atom. The second-order valence-electron chi connectivity index (χ2n) is 6.64. The van der Waals surface area contributed by atoms with Crippen molar-refractivity contribution in [2.24, 2.45) is 0 Å². The zero-order valence-electron chi connectivity index (χ0n) is 14.8. The number of carbonyl (C=O) groups is 1. The summed E-state index contributed by atoms with van der Waals surface area (Å²) in [4.78, 5) is 16.8. The van der Waals surface area contributed by atoms with E-state index in [-0.39, 0.29) is 18.5 Å². The summed E-state index contributed by atoms with van der Waals surface area (Å²) in [7, 11) is 0. The number of fused-ring (bicyclic) bond motifs is 1. The van der Waals surface area contributed by atoms with Crippen LogP contribution >= 0.6 is 11.3 Å². The minimum Gasteiger partial charge on any atom is -0.390 e. The van der Waals surface area contributed by atoms with Gasteiger partial charge in [-0.25, -0.2) is 4.98 Å². The molecule has 1 aliphatic rings. The lowest BCUT2D eigenvalue weighted by Gasteiger charge is -2.29. The molecule has 4 rings (SSSR count). The van der Waals surface area contributed by atoms with Gasteiger partial charge < -0.3 is 15.7 Å². The van der Waals surface area contributed by atoms with Crippen molar-refractivity contribution in [1.29, 1.82) is 0 Å². The number of hydrogen-bond donors (Lipinski definition) is 3. The average molecular weight is 379 g/mol. The molecule has 138 valence electrons. The quantitative estimate of drug-likeness (QED) is 0.637. The molecule has 0 aliphatic carbocycles. The van der Waals surface area contributed by atoms with E-state index in [4.69, 9.17) is 0 Å². The summed E-state index contributed by atoms with van der Waals surface area (Å²) >= 11 is 1.44. The van der Waals surface area contributed by atoms with Gasteiger partial charge in [0, 0.05) is 30.1 Å². The maximum Gasteiger partial charge on any atom is 0.270 e. The number of aliphatic hydroxyl groups excluding tert-OH is 1. The summed E-state index contributed by atoms with van der Waals surface area (Å²) in [6.07, 6.45) is 0.0942. The van der Waals surface area contributed by atoms with E-state index in [1.54, 1.807) is 5.38 Å². The van der Waals surface area contributed by atoms with Gasteiger partial charge in [-0.2, -0.15) is 0 Å². The molecule has 1 aliphatic heterocycles. The molecule has 5 nitrogen and oxygen atoms in total. The standard InChI is InChI=1S/C21H21N3O2S/c25-19(17-10-15-8-4-5-9-16(15)11-22-17)12-23-20(26)18-13-27-21(24-18)14-6-2-1-3-7-14/h1-9,13,17,19,22,25H,10-12H2,(H,23,26)/t17-,19?/m0/s1. The van der Waals surface area contributed by atoms with Crippen LogP contribution in [0.15, 0.2) is 60.0 Å². The Kier molecular flexibility index (Phi) is 5.29. The monoisotopic (exact) mass is 379 g/mol. The van der Waals surface area contributed by atoms with E-state index < -0.39 is 6.10 Å². The first kappa shape index (κ1) is 17.9. The minimum absolute atomic E-state index is 0.0736. The first-order chi connectivity index (χ1) is 13.2. The molecular weight excluding hydrogens is 358 g/mol. The van der Waals surface area contributed by atoms with Gasteiger partial charge in [0.2, 0.25) is 0 Å². The predicted octanol–water partition coefficient (Wildman–Crippen LogP) is 2.62. The number of rotatable bonds is 5. The minimum atomic E-state index is -0.658. The lowest BCUT2D eigenvalue weighted by molar-refractivity contribution is 0.0866. The van der Waals surface area contributed by atoms with Crippen molar-refractivity contribution >= 4 is 17.2 Å². The van der Waals surface area contributed by atoms with Crippen LogP contribution in [0.5, 0.6) is 0 Å². The number of carbonyl (C=O) groups excluding carboxylic acids is 1. The molecule has 1 aromatic heterocycles. The van der Waals surface area contributed by atoms with Crippen LogP contribution in [0.2, 0.25) is 0 Å². The van der Waals surface area contributed by atoms with E-state index in [2.05, 4.69) is 27.8 Å². The molecule has 1 unspecified atom stereocenters. The summed E-state index contributed by atoms with van der Waals surface area (Å²) < 4.78 is 0. The van der Waals surface area contributed by atoms with Gasteiger partial charge >= 0.3 is 0 Å². The number of thiazole rings is 1. The fourth-order valence-electron chi connectivity index (χ4n) is 3.27. The van der Waals surface area contributed by atoms with Gasteiger partial charge in [-0.15, -0.1) is 11.3 Å². The largest absolute Gasteiger partial charge is 0.390 e. The molecule has 2 atom stereocenters. The molecule has 0 radical (unpaired) electrons. The van der Waals surface area contributed by atoms with Crippen LogP contribution in [-0.2, 0) is 13.0 Å². The van der Waals surface area contributed by atoms with Crippen LogP contribution in [0.3, 0.4) is 0 Å². The highest BCUT2D eigenvalue weighted by molar-refractivity contribution is 7.13. The Hall–Kier alpha value is -2.54. The third kappa shape index (κ3) is 4.08. The van der Waals surface area contributed by atoms with Gasteiger partial charge in [-0.1, -0.05) is 54.6 Å². The van der Waals surface area contributed by atoms with Crippen LogP contribution < -0.4 is 10.6 Å². The number of hydrogen-bond acceptors (Lipinski definition) is 5. The van der Waals surface area contributed by atoms with Crippen LogP contribution in [-0.4, -0.2) is 34.7 Å². The first-order valence-electron chi connectivity index (χ1n) is 8.98. The van der Waals surface area contributed by atoms with Crippen LogP contribution in [0.1, 0.15) is 21.6 Å². The second-order valence-corrected chi connectivity index (χ2v) is 7.50. The lowest BCUT2D eigenvalue weighted by Crippen LogP contribution is -2.49. The molecule has 0 bridgehead atoms. The molecule has 1 amide bonds. The summed E-state index contributed by atoms with van der Waals surface area (Å²) in [5.74, 6) is -0.260. The molecule has 27 heavy (non-hydrogen) atoms. The molecule has 3 N–H and O–H groups in total. The predicted molar refractivity (Wildman–Crippen MR) is 107 cm³/mol. The molecule has 2 heterocycles. The summed E-state index contributed by atoms with van der Waals surface area (Å²) in [5, 5.41) is 19.2. The summed E-state index contributed by atoms with van der Waals surface area (Å²) in [5.41, 5.74) is 3.89. The highest BCUT2D eigenvalue weighted by Gasteiger charge is 2.25. The SMILES string of the molecule is O=C(NCC(O)[C@@H]1Cc2ccccc2CN1)c1csc(-c2ccccc2)n1. The fourth-order valence-corrected chi connectivity index (χ4v) is 4.08. The van der Waals surface area contributed by atoms with Gasteiger partial charge in [0.05, 0.1) is 6.10 Å². The van der Waals surface area contributed by atoms with Gasteiger partial charge in [0.25, 0.3) is 5.91 Å². The zero-order chi connectivity index (χ0) is 18.6. The van der Waals surface area contributed by atoms with Crippen molar-refractivity contribution in [3.63, 3.8) is 0 Å². The molecular formula is C21H21N3O2S. The zero-order valence-corrected chi connectivity index (χ0v) is 15.6. The molecule has 0 saturated carbocycles. The molecule has 0 fully saturated rings. The Labute approximate surface area is 162 Å². The molecule has 6 heteroatoms. The van der Waals surface area contributed by atoms with Crippen molar-refractivity contribution in [2.45, 2.75) is 25.1 Å². The highest BCUT2D eigenvalue weighted by atomic mass is 32.1. The molecule has 0 saturated heterocycles. The van der Waals surface area contributed by atoms with Crippen molar-refractivity contribution in [3.05, 3.63) is 76.8 Å². The maximum atomic E-state index is 12.4. The van der Waals surface area contributed by atoms with Crippen molar-refractivity contribution in [2.75, 3.05) is 6.54 Å². The van der Waals surface area contributed by atoms with Crippen molar-refractivity contribution in [1.82, 2.24) is 15.6 Å². The first-order valence-corrected chi connectivity index (χ1v) is 9.86. The normalized spacial score (nSPS) is 17.1. The van der Waals surface area contributed by atoms with Crippen molar-refractivity contribution < 1.29 is 9.90 Å². The Bertz CT molecular complexity index is 926. The third-order valence-corrected chi connectivity index (χ3v) is 5.70. The Balaban J connectivity index is 1.34. The third-order valence-electron chi connectivity index (χ3n) is 4.81. The average Bonchev–Trinajstić information content (AvgIpc) is 3.22. The van der Waals surface area contributed by atoms with E-state index in [1.807, 2.05) is 42.5 Å². The Morgan fingerprint density at radius 1 is 1.19 bits per heavy atom.